The van der Waals surface area contributed by atoms with Crippen LogP contribution in [0.15, 0.2) is 0 Å². The number of methoxy groups -OCH3 is 1. The van der Waals surface area contributed by atoms with E-state index in [0.29, 0.717) is 26.2 Å². The van der Waals surface area contributed by atoms with Crippen molar-refractivity contribution in [1.82, 2.24) is 10.2 Å². The van der Waals surface area contributed by atoms with Crippen LogP contribution in [0.25, 0.3) is 0 Å². The molecule has 5 nitrogen and oxygen atoms in total. The van der Waals surface area contributed by atoms with E-state index in [4.69, 9.17) is 10.5 Å². The third-order valence-electron chi connectivity index (χ3n) is 1.55. The molecule has 0 radical (unpaired) electrons. The van der Waals surface area contributed by atoms with Crippen molar-refractivity contribution >= 4 is 5.91 Å². The van der Waals surface area contributed by atoms with Crippen LogP contribution >= 0.6 is 0 Å². The predicted molar refractivity (Wildman–Crippen MR) is 51.4 cm³/mol. The highest BCUT2D eigenvalue weighted by atomic mass is 16.5. The molecule has 0 aliphatic heterocycles. The first-order chi connectivity index (χ1) is 6.20. The molecule has 0 saturated heterocycles. The number of ether oxygens (including phenoxy) is 1. The van der Waals surface area contributed by atoms with Crippen LogP contribution in [0, 0.1) is 0 Å². The third kappa shape index (κ3) is 7.70. The van der Waals surface area contributed by atoms with Crippen molar-refractivity contribution in [3.05, 3.63) is 0 Å². The van der Waals surface area contributed by atoms with Crippen LogP contribution < -0.4 is 11.1 Å². The lowest BCUT2D eigenvalue weighted by atomic mass is 10.4. The Balaban J connectivity index is 3.38. The van der Waals surface area contributed by atoms with E-state index in [1.807, 2.05) is 11.9 Å². The predicted octanol–water partition coefficient (Wildman–Crippen LogP) is -1.36. The highest BCUT2D eigenvalue weighted by Crippen LogP contribution is 1.79. The SMILES string of the molecule is COCCNC(=O)CN(C)CCN. The number of likely N-dealkylation sites (N-methyl/N-ethyl adjacent to an activating group) is 1. The standard InChI is InChI=1S/C8H19N3O2/c1-11(5-3-9)7-8(12)10-4-6-13-2/h3-7,9H2,1-2H3,(H,10,12). The fourth-order valence-electron chi connectivity index (χ4n) is 0.893. The van der Waals surface area contributed by atoms with Crippen molar-refractivity contribution < 1.29 is 9.53 Å². The Kier molecular flexibility index (Phi) is 7.57. The number of carbonyl (C=O) groups is 1. The summed E-state index contributed by atoms with van der Waals surface area (Å²) in [4.78, 5) is 13.0. The monoisotopic (exact) mass is 189 g/mol. The molecule has 3 N–H and O–H groups in total. The normalized spacial score (nSPS) is 10.5. The molecule has 1 amide bonds. The zero-order chi connectivity index (χ0) is 10.1. The quantitative estimate of drug-likeness (QED) is 0.485. The second-order valence-electron chi connectivity index (χ2n) is 2.87. The number of amides is 1. The van der Waals surface area contributed by atoms with Crippen LogP contribution in [0.2, 0.25) is 0 Å². The molecule has 0 saturated carbocycles. The van der Waals surface area contributed by atoms with Gasteiger partial charge in [-0.25, -0.2) is 0 Å². The van der Waals surface area contributed by atoms with Crippen molar-refractivity contribution in [1.29, 1.82) is 0 Å². The first kappa shape index (κ1) is 12.3. The van der Waals surface area contributed by atoms with Gasteiger partial charge in [-0.2, -0.15) is 0 Å². The summed E-state index contributed by atoms with van der Waals surface area (Å²) in [6, 6.07) is 0. The third-order valence-corrected chi connectivity index (χ3v) is 1.55. The van der Waals surface area contributed by atoms with Gasteiger partial charge in [0.25, 0.3) is 0 Å². The lowest BCUT2D eigenvalue weighted by molar-refractivity contribution is -0.122. The van der Waals surface area contributed by atoms with E-state index in [9.17, 15) is 4.79 Å². The average molecular weight is 189 g/mol. The second kappa shape index (κ2) is 7.97. The van der Waals surface area contributed by atoms with Gasteiger partial charge < -0.3 is 15.8 Å². The van der Waals surface area contributed by atoms with Crippen molar-refractivity contribution in [2.75, 3.05) is 46.9 Å². The molecular formula is C8H19N3O2. The maximum atomic E-state index is 11.2. The largest absolute Gasteiger partial charge is 0.383 e. The van der Waals surface area contributed by atoms with Crippen LogP contribution in [0.3, 0.4) is 0 Å². The summed E-state index contributed by atoms with van der Waals surface area (Å²) in [6.07, 6.45) is 0. The van der Waals surface area contributed by atoms with E-state index < -0.39 is 0 Å². The van der Waals surface area contributed by atoms with Crippen molar-refractivity contribution in [3.8, 4) is 0 Å². The molecule has 0 heterocycles. The van der Waals surface area contributed by atoms with E-state index in [-0.39, 0.29) is 5.91 Å². The fraction of sp³-hybridized carbons (Fsp3) is 0.875. The van der Waals surface area contributed by atoms with Crippen LogP contribution in [-0.4, -0.2) is 57.8 Å². The maximum absolute atomic E-state index is 11.2. The molecule has 13 heavy (non-hydrogen) atoms. The summed E-state index contributed by atoms with van der Waals surface area (Å²) in [7, 11) is 3.47. The van der Waals surface area contributed by atoms with E-state index in [0.717, 1.165) is 6.54 Å². The molecule has 0 bridgehead atoms. The molecule has 0 atom stereocenters. The number of rotatable bonds is 7. The number of hydrogen-bond acceptors (Lipinski definition) is 4. The lowest BCUT2D eigenvalue weighted by Gasteiger charge is -2.14. The molecule has 0 aromatic rings. The Hall–Kier alpha value is -0.650. The zero-order valence-electron chi connectivity index (χ0n) is 8.38. The Morgan fingerprint density at radius 1 is 1.62 bits per heavy atom. The highest BCUT2D eigenvalue weighted by molar-refractivity contribution is 5.77. The maximum Gasteiger partial charge on any atom is 0.234 e. The molecule has 0 aliphatic rings. The minimum atomic E-state index is 0.00741. The topological polar surface area (TPSA) is 67.6 Å². The number of nitrogens with zero attached hydrogens (tertiary/aromatic N) is 1. The number of carbonyl (C=O) groups excluding carboxylic acids is 1. The van der Waals surface area contributed by atoms with Gasteiger partial charge in [-0.15, -0.1) is 0 Å². The molecule has 0 aromatic heterocycles. The molecule has 5 heteroatoms. The smallest absolute Gasteiger partial charge is 0.234 e. The summed E-state index contributed by atoms with van der Waals surface area (Å²) in [5.41, 5.74) is 5.33. The first-order valence-electron chi connectivity index (χ1n) is 4.35. The van der Waals surface area contributed by atoms with E-state index in [2.05, 4.69) is 5.32 Å². The second-order valence-corrected chi connectivity index (χ2v) is 2.87. The van der Waals surface area contributed by atoms with E-state index in [1.54, 1.807) is 7.11 Å². The Labute approximate surface area is 79.2 Å². The van der Waals surface area contributed by atoms with Crippen LogP contribution in [0.1, 0.15) is 0 Å². The summed E-state index contributed by atoms with van der Waals surface area (Å²) in [6.45, 7) is 2.80. The van der Waals surface area contributed by atoms with Crippen molar-refractivity contribution in [2.24, 2.45) is 5.73 Å². The van der Waals surface area contributed by atoms with Crippen LogP contribution in [0.4, 0.5) is 0 Å². The van der Waals surface area contributed by atoms with Gasteiger partial charge in [0.1, 0.15) is 0 Å². The minimum Gasteiger partial charge on any atom is -0.383 e. The first-order valence-corrected chi connectivity index (χ1v) is 4.35. The minimum absolute atomic E-state index is 0.00741. The van der Waals surface area contributed by atoms with Gasteiger partial charge in [0.15, 0.2) is 0 Å². The van der Waals surface area contributed by atoms with Gasteiger partial charge in [-0.1, -0.05) is 0 Å². The summed E-state index contributed by atoms with van der Waals surface area (Å²) < 4.78 is 4.80. The van der Waals surface area contributed by atoms with Gasteiger partial charge >= 0.3 is 0 Å². The summed E-state index contributed by atoms with van der Waals surface area (Å²) in [5.74, 6) is 0.00741. The Bertz CT molecular complexity index is 141. The van der Waals surface area contributed by atoms with Crippen LogP contribution in [0.5, 0.6) is 0 Å². The van der Waals surface area contributed by atoms with Gasteiger partial charge in [-0.3, -0.25) is 9.69 Å². The number of hydrogen-bond donors (Lipinski definition) is 2. The Morgan fingerprint density at radius 3 is 2.85 bits per heavy atom. The van der Waals surface area contributed by atoms with Gasteiger partial charge in [0.2, 0.25) is 5.91 Å². The van der Waals surface area contributed by atoms with E-state index in [1.165, 1.54) is 0 Å². The Morgan fingerprint density at radius 2 is 2.31 bits per heavy atom. The summed E-state index contributed by atoms with van der Waals surface area (Å²) >= 11 is 0. The zero-order valence-corrected chi connectivity index (χ0v) is 8.38. The lowest BCUT2D eigenvalue weighted by Crippen LogP contribution is -2.38. The summed E-state index contributed by atoms with van der Waals surface area (Å²) in [5, 5.41) is 2.73. The van der Waals surface area contributed by atoms with Crippen molar-refractivity contribution in [2.45, 2.75) is 0 Å². The van der Waals surface area contributed by atoms with Gasteiger partial charge in [0.05, 0.1) is 13.2 Å². The van der Waals surface area contributed by atoms with E-state index >= 15 is 0 Å². The van der Waals surface area contributed by atoms with Crippen LogP contribution in [-0.2, 0) is 9.53 Å². The molecule has 0 rings (SSSR count). The molecule has 0 fully saturated rings. The molecule has 0 unspecified atom stereocenters. The number of nitrogens with one attached hydrogen (secondary N) is 1. The molecule has 78 valence electrons. The number of nitrogens with two attached hydrogens (primary N) is 1. The van der Waals surface area contributed by atoms with Gasteiger partial charge in [0, 0.05) is 26.7 Å². The van der Waals surface area contributed by atoms with Crippen molar-refractivity contribution in [3.63, 3.8) is 0 Å². The molecular weight excluding hydrogens is 170 g/mol. The molecule has 0 aliphatic carbocycles. The van der Waals surface area contributed by atoms with Gasteiger partial charge in [-0.05, 0) is 7.05 Å². The average Bonchev–Trinajstić information content (AvgIpc) is 2.05. The fourth-order valence-corrected chi connectivity index (χ4v) is 0.893. The highest BCUT2D eigenvalue weighted by Gasteiger charge is 2.03. The molecule has 0 spiro atoms. The molecule has 0 aromatic carbocycles.